The van der Waals surface area contributed by atoms with Gasteiger partial charge in [-0.05, 0) is 65.9 Å². The smallest absolute Gasteiger partial charge is 0.406 e. The molecule has 0 atom stereocenters. The molecule has 0 fully saturated rings. The maximum Gasteiger partial charge on any atom is 0.573 e. The summed E-state index contributed by atoms with van der Waals surface area (Å²) in [6.07, 6.45) is -4.17. The number of hydrogen-bond donors (Lipinski definition) is 1. The first-order valence-corrected chi connectivity index (χ1v) is 11.8. The van der Waals surface area contributed by atoms with Crippen molar-refractivity contribution in [1.82, 2.24) is 4.31 Å². The number of rotatable bonds is 5. The third-order valence-corrected chi connectivity index (χ3v) is 7.72. The lowest BCUT2D eigenvalue weighted by Crippen LogP contribution is -2.35. The van der Waals surface area contributed by atoms with Gasteiger partial charge in [0.1, 0.15) is 5.75 Å². The first kappa shape index (κ1) is 22.3. The number of nitrogens with zero attached hydrogens (tertiary/aromatic N) is 1. The monoisotopic (exact) mass is 482 g/mol. The second-order valence-corrected chi connectivity index (χ2v) is 9.95. The van der Waals surface area contributed by atoms with E-state index < -0.39 is 28.0 Å². The fraction of sp³-hybridized carbons (Fsp3) is 0.190. The van der Waals surface area contributed by atoms with Gasteiger partial charge in [-0.15, -0.1) is 24.5 Å². The Labute approximate surface area is 186 Å². The summed E-state index contributed by atoms with van der Waals surface area (Å²) in [5, 5.41) is 4.47. The zero-order chi connectivity index (χ0) is 22.9. The molecule has 0 unspecified atom stereocenters. The van der Waals surface area contributed by atoms with Crippen LogP contribution in [0, 0.1) is 0 Å². The lowest BCUT2D eigenvalue weighted by Gasteiger charge is -2.26. The molecule has 0 aliphatic carbocycles. The number of thiophene rings is 1. The van der Waals surface area contributed by atoms with Crippen molar-refractivity contribution >= 4 is 33.0 Å². The van der Waals surface area contributed by atoms with Crippen LogP contribution in [0.2, 0.25) is 0 Å². The molecule has 0 saturated heterocycles. The van der Waals surface area contributed by atoms with Crippen molar-refractivity contribution in [3.05, 3.63) is 76.0 Å². The molecule has 32 heavy (non-hydrogen) atoms. The van der Waals surface area contributed by atoms with Crippen molar-refractivity contribution in [3.8, 4) is 5.75 Å². The maximum absolute atomic E-state index is 13.1. The van der Waals surface area contributed by atoms with Crippen LogP contribution in [0.15, 0.2) is 64.9 Å². The van der Waals surface area contributed by atoms with E-state index in [-0.39, 0.29) is 22.7 Å². The minimum Gasteiger partial charge on any atom is -0.406 e. The SMILES string of the molecule is O=C(Nc1ccc(OC(F)(F)F)cc1)c1cccc(S(=O)(=O)N2CCc3sccc3C2)c1. The lowest BCUT2D eigenvalue weighted by molar-refractivity contribution is -0.274. The van der Waals surface area contributed by atoms with E-state index in [4.69, 9.17) is 0 Å². The number of carbonyl (C=O) groups is 1. The molecule has 1 aromatic heterocycles. The third kappa shape index (κ3) is 4.95. The summed E-state index contributed by atoms with van der Waals surface area (Å²) in [7, 11) is -3.80. The summed E-state index contributed by atoms with van der Waals surface area (Å²) in [5.41, 5.74) is 1.32. The topological polar surface area (TPSA) is 75.7 Å². The number of amides is 1. The Kier molecular flexibility index (Phi) is 5.97. The van der Waals surface area contributed by atoms with E-state index in [0.717, 1.165) is 17.7 Å². The van der Waals surface area contributed by atoms with Gasteiger partial charge in [-0.3, -0.25) is 4.79 Å². The van der Waals surface area contributed by atoms with E-state index in [9.17, 15) is 26.4 Å². The van der Waals surface area contributed by atoms with Gasteiger partial charge >= 0.3 is 6.36 Å². The highest BCUT2D eigenvalue weighted by Crippen LogP contribution is 2.29. The predicted molar refractivity (Wildman–Crippen MR) is 113 cm³/mol. The Hall–Kier alpha value is -2.89. The molecule has 1 amide bonds. The first-order chi connectivity index (χ1) is 15.1. The second kappa shape index (κ2) is 8.57. The van der Waals surface area contributed by atoms with Crippen LogP contribution in [0.5, 0.6) is 5.75 Å². The molecule has 2 aromatic carbocycles. The number of ether oxygens (including phenoxy) is 1. The van der Waals surface area contributed by atoms with Gasteiger partial charge in [0.05, 0.1) is 4.90 Å². The molecular weight excluding hydrogens is 465 g/mol. The number of sulfonamides is 1. The van der Waals surface area contributed by atoms with Crippen LogP contribution in [-0.2, 0) is 23.0 Å². The van der Waals surface area contributed by atoms with Crippen molar-refractivity contribution < 1.29 is 31.1 Å². The van der Waals surface area contributed by atoms with Crippen molar-refractivity contribution in [2.24, 2.45) is 0 Å². The van der Waals surface area contributed by atoms with E-state index in [0.29, 0.717) is 13.0 Å². The number of halogens is 3. The van der Waals surface area contributed by atoms with Crippen LogP contribution in [0.4, 0.5) is 18.9 Å². The van der Waals surface area contributed by atoms with E-state index in [2.05, 4.69) is 10.1 Å². The van der Waals surface area contributed by atoms with Gasteiger partial charge in [0, 0.05) is 29.2 Å². The summed E-state index contributed by atoms with van der Waals surface area (Å²) in [5.74, 6) is -1.01. The Morgan fingerprint density at radius 3 is 2.56 bits per heavy atom. The molecule has 4 rings (SSSR count). The number of alkyl halides is 3. The van der Waals surface area contributed by atoms with Crippen LogP contribution < -0.4 is 10.1 Å². The van der Waals surface area contributed by atoms with Gasteiger partial charge in [0.25, 0.3) is 5.91 Å². The van der Waals surface area contributed by atoms with E-state index in [1.807, 2.05) is 11.4 Å². The van der Waals surface area contributed by atoms with Gasteiger partial charge in [-0.2, -0.15) is 4.31 Å². The Bertz CT molecular complexity index is 1240. The van der Waals surface area contributed by atoms with Crippen LogP contribution in [0.3, 0.4) is 0 Å². The van der Waals surface area contributed by atoms with Crippen molar-refractivity contribution in [3.63, 3.8) is 0 Å². The van der Waals surface area contributed by atoms with E-state index in [1.54, 1.807) is 11.3 Å². The average molecular weight is 483 g/mol. The van der Waals surface area contributed by atoms with Crippen molar-refractivity contribution in [2.45, 2.75) is 24.2 Å². The highest BCUT2D eigenvalue weighted by atomic mass is 32.2. The molecule has 0 radical (unpaired) electrons. The van der Waals surface area contributed by atoms with Gasteiger partial charge < -0.3 is 10.1 Å². The van der Waals surface area contributed by atoms with E-state index >= 15 is 0 Å². The summed E-state index contributed by atoms with van der Waals surface area (Å²) >= 11 is 1.61. The number of nitrogens with one attached hydrogen (secondary N) is 1. The third-order valence-electron chi connectivity index (χ3n) is 4.85. The quantitative estimate of drug-likeness (QED) is 0.575. The summed E-state index contributed by atoms with van der Waals surface area (Å²) in [4.78, 5) is 13.8. The molecule has 1 aliphatic heterocycles. The molecule has 11 heteroatoms. The average Bonchev–Trinajstić information content (AvgIpc) is 3.22. The highest BCUT2D eigenvalue weighted by molar-refractivity contribution is 7.89. The lowest BCUT2D eigenvalue weighted by atomic mass is 10.1. The van der Waals surface area contributed by atoms with Gasteiger partial charge in [-0.1, -0.05) is 6.07 Å². The van der Waals surface area contributed by atoms with Gasteiger partial charge in [-0.25, -0.2) is 8.42 Å². The molecule has 0 bridgehead atoms. The standard InChI is InChI=1S/C21H17F3N2O4S2/c22-21(23,24)30-17-6-4-16(5-7-17)25-20(27)14-2-1-3-18(12-14)32(28,29)26-10-8-19-15(13-26)9-11-31-19/h1-7,9,11-12H,8,10,13H2,(H,25,27). The van der Waals surface area contributed by atoms with Crippen molar-refractivity contribution in [1.29, 1.82) is 0 Å². The van der Waals surface area contributed by atoms with Gasteiger partial charge in [0.2, 0.25) is 10.0 Å². The number of hydrogen-bond acceptors (Lipinski definition) is 5. The second-order valence-electron chi connectivity index (χ2n) is 7.01. The molecule has 1 N–H and O–H groups in total. The number of fused-ring (bicyclic) bond motifs is 1. The molecule has 1 aliphatic rings. The zero-order valence-corrected chi connectivity index (χ0v) is 18.1. The van der Waals surface area contributed by atoms with Crippen LogP contribution in [0.25, 0.3) is 0 Å². The number of benzene rings is 2. The first-order valence-electron chi connectivity index (χ1n) is 9.44. The highest BCUT2D eigenvalue weighted by Gasteiger charge is 2.31. The Balaban J connectivity index is 1.48. The molecule has 2 heterocycles. The molecule has 168 valence electrons. The maximum atomic E-state index is 13.1. The fourth-order valence-corrected chi connectivity index (χ4v) is 5.67. The minimum atomic E-state index is -4.81. The summed E-state index contributed by atoms with van der Waals surface area (Å²) in [6, 6.07) is 12.2. The zero-order valence-electron chi connectivity index (χ0n) is 16.4. The summed E-state index contributed by atoms with van der Waals surface area (Å²) < 4.78 is 68.1. The fourth-order valence-electron chi connectivity index (χ4n) is 3.32. The molecule has 0 spiro atoms. The minimum absolute atomic E-state index is 0.00208. The summed E-state index contributed by atoms with van der Waals surface area (Å²) in [6.45, 7) is 0.641. The molecule has 3 aromatic rings. The molecule has 6 nitrogen and oxygen atoms in total. The van der Waals surface area contributed by atoms with E-state index in [1.165, 1.54) is 45.6 Å². The van der Waals surface area contributed by atoms with Crippen LogP contribution in [-0.4, -0.2) is 31.5 Å². The van der Waals surface area contributed by atoms with Crippen molar-refractivity contribution in [2.75, 3.05) is 11.9 Å². The Morgan fingerprint density at radius 1 is 1.09 bits per heavy atom. The Morgan fingerprint density at radius 2 is 1.84 bits per heavy atom. The largest absolute Gasteiger partial charge is 0.573 e. The molecular formula is C21H17F3N2O4S2. The van der Waals surface area contributed by atoms with Crippen LogP contribution >= 0.6 is 11.3 Å². The normalized spacial score (nSPS) is 14.6. The van der Waals surface area contributed by atoms with Crippen LogP contribution in [0.1, 0.15) is 20.8 Å². The predicted octanol–water partition coefficient (Wildman–Crippen LogP) is 4.65. The number of carbonyl (C=O) groups excluding carboxylic acids is 1. The molecule has 0 saturated carbocycles. The number of anilines is 1. The van der Waals surface area contributed by atoms with Gasteiger partial charge in [0.15, 0.2) is 0 Å².